The van der Waals surface area contributed by atoms with Gasteiger partial charge in [0.15, 0.2) is 0 Å². The van der Waals surface area contributed by atoms with Crippen LogP contribution in [0.5, 0.6) is 0 Å². The monoisotopic (exact) mass is 280 g/mol. The molecule has 3 atom stereocenters. The molecule has 0 N–H and O–H groups in total. The van der Waals surface area contributed by atoms with E-state index < -0.39 is 0 Å². The number of nitrogens with zero attached hydrogens (tertiary/aromatic N) is 1. The number of hydrogen-bond donors (Lipinski definition) is 0. The SMILES string of the molecule is C[I-]C(=O)N1C2CCC(C2)C1C. The van der Waals surface area contributed by atoms with E-state index in [0.29, 0.717) is 16.0 Å². The molecular weight excluding hydrogens is 265 g/mol. The van der Waals surface area contributed by atoms with Crippen LogP contribution in [0.2, 0.25) is 0 Å². The third-order valence-corrected chi connectivity index (χ3v) is 4.80. The number of alkyl halides is 1. The molecule has 1 saturated carbocycles. The van der Waals surface area contributed by atoms with E-state index in [1.807, 2.05) is 0 Å². The van der Waals surface area contributed by atoms with Gasteiger partial charge in [0, 0.05) is 0 Å². The van der Waals surface area contributed by atoms with E-state index in [4.69, 9.17) is 0 Å². The second-order valence-corrected chi connectivity index (χ2v) is 5.82. The molecule has 2 nitrogen and oxygen atoms in total. The fourth-order valence-electron chi connectivity index (χ4n) is 2.64. The van der Waals surface area contributed by atoms with E-state index in [0.717, 1.165) is 5.92 Å². The molecule has 1 heterocycles. The first-order chi connectivity index (χ1) is 5.74. The summed E-state index contributed by atoms with van der Waals surface area (Å²) in [6.07, 6.45) is 3.92. The summed E-state index contributed by atoms with van der Waals surface area (Å²) >= 11 is -0.221. The van der Waals surface area contributed by atoms with Gasteiger partial charge in [-0.05, 0) is 0 Å². The van der Waals surface area contributed by atoms with Gasteiger partial charge in [-0.25, -0.2) is 0 Å². The van der Waals surface area contributed by atoms with Crippen LogP contribution in [0.4, 0.5) is 4.79 Å². The third-order valence-electron chi connectivity index (χ3n) is 3.32. The average molecular weight is 280 g/mol. The maximum atomic E-state index is 11.6. The van der Waals surface area contributed by atoms with Crippen LogP contribution in [-0.4, -0.2) is 25.8 Å². The molecule has 70 valence electrons. The fourth-order valence-corrected chi connectivity index (χ4v) is 4.03. The van der Waals surface area contributed by atoms with E-state index >= 15 is 0 Å². The predicted molar refractivity (Wildman–Crippen MR) is 43.8 cm³/mol. The van der Waals surface area contributed by atoms with Crippen molar-refractivity contribution in [2.24, 2.45) is 5.92 Å². The number of hydrogen-bond acceptors (Lipinski definition) is 1. The van der Waals surface area contributed by atoms with Crippen molar-refractivity contribution in [3.63, 3.8) is 0 Å². The first-order valence-electron chi connectivity index (χ1n) is 4.55. The van der Waals surface area contributed by atoms with Gasteiger partial charge in [-0.3, -0.25) is 0 Å². The van der Waals surface area contributed by atoms with Gasteiger partial charge < -0.3 is 0 Å². The number of amides is 1. The van der Waals surface area contributed by atoms with Crippen LogP contribution in [0.1, 0.15) is 26.2 Å². The molecular formula is C9H15INO-. The molecule has 2 bridgehead atoms. The Hall–Kier alpha value is 0.200. The van der Waals surface area contributed by atoms with E-state index in [-0.39, 0.29) is 21.2 Å². The van der Waals surface area contributed by atoms with Crippen molar-refractivity contribution in [1.29, 1.82) is 0 Å². The molecule has 1 aliphatic heterocycles. The number of rotatable bonds is 1. The zero-order valence-electron chi connectivity index (χ0n) is 7.59. The van der Waals surface area contributed by atoms with Crippen molar-refractivity contribution in [2.75, 3.05) is 4.93 Å². The summed E-state index contributed by atoms with van der Waals surface area (Å²) in [6.45, 7) is 2.22. The Morgan fingerprint density at radius 1 is 1.50 bits per heavy atom. The Labute approximate surface area is 84.0 Å². The van der Waals surface area contributed by atoms with Gasteiger partial charge in [0.25, 0.3) is 0 Å². The summed E-state index contributed by atoms with van der Waals surface area (Å²) in [6, 6.07) is 1.17. The fraction of sp³-hybridized carbons (Fsp3) is 0.889. The molecule has 12 heavy (non-hydrogen) atoms. The number of fused-ring (bicyclic) bond motifs is 2. The van der Waals surface area contributed by atoms with Crippen molar-refractivity contribution in [2.45, 2.75) is 38.3 Å². The number of piperidine rings is 1. The zero-order chi connectivity index (χ0) is 8.72. The molecule has 1 saturated heterocycles. The van der Waals surface area contributed by atoms with Crippen molar-refractivity contribution >= 4 is 3.91 Å². The Morgan fingerprint density at radius 2 is 2.25 bits per heavy atom. The number of likely N-dealkylation sites (tertiary alicyclic amines) is 1. The quantitative estimate of drug-likeness (QED) is 0.253. The minimum absolute atomic E-state index is 0.221. The standard InChI is InChI=1S/C9H15INO/c1-6-7-3-4-8(5-7)11(6)9(12)10-2/h6-8H,3-5H2,1-2H3/q-1. The number of carbonyl (C=O) groups excluding carboxylic acids is 1. The number of carbonyl (C=O) groups is 1. The summed E-state index contributed by atoms with van der Waals surface area (Å²) in [5.41, 5.74) is 0. The Balaban J connectivity index is 2.12. The van der Waals surface area contributed by atoms with Gasteiger partial charge in [0.05, 0.1) is 0 Å². The first-order valence-corrected chi connectivity index (χ1v) is 7.79. The van der Waals surface area contributed by atoms with Gasteiger partial charge in [0.1, 0.15) is 0 Å². The molecule has 0 radical (unpaired) electrons. The van der Waals surface area contributed by atoms with Crippen molar-refractivity contribution < 1.29 is 26.0 Å². The van der Waals surface area contributed by atoms with E-state index in [1.54, 1.807) is 0 Å². The summed E-state index contributed by atoms with van der Waals surface area (Å²) in [5.74, 6) is 0.828. The Bertz CT molecular complexity index is 205. The van der Waals surface area contributed by atoms with Crippen molar-refractivity contribution in [3.8, 4) is 0 Å². The first kappa shape index (κ1) is 8.78. The Kier molecular flexibility index (Phi) is 2.31. The van der Waals surface area contributed by atoms with Crippen LogP contribution >= 0.6 is 0 Å². The summed E-state index contributed by atoms with van der Waals surface area (Å²) < 4.78 is 0.466. The van der Waals surface area contributed by atoms with Crippen LogP contribution in [-0.2, 0) is 0 Å². The predicted octanol–water partition coefficient (Wildman–Crippen LogP) is -1.30. The van der Waals surface area contributed by atoms with Crippen LogP contribution < -0.4 is 21.2 Å². The van der Waals surface area contributed by atoms with Crippen LogP contribution in [0, 0.1) is 5.92 Å². The van der Waals surface area contributed by atoms with E-state index in [9.17, 15) is 4.79 Å². The third kappa shape index (κ3) is 1.17. The molecule has 3 heteroatoms. The summed E-state index contributed by atoms with van der Waals surface area (Å²) in [7, 11) is 0. The second kappa shape index (κ2) is 3.16. The molecule has 0 aromatic rings. The molecule has 0 aromatic heterocycles. The molecule has 2 rings (SSSR count). The average Bonchev–Trinajstić information content (AvgIpc) is 2.63. The summed E-state index contributed by atoms with van der Waals surface area (Å²) in [5, 5.41) is 0. The second-order valence-electron chi connectivity index (χ2n) is 3.82. The molecule has 2 aliphatic rings. The van der Waals surface area contributed by atoms with E-state index in [2.05, 4.69) is 16.8 Å². The van der Waals surface area contributed by atoms with Gasteiger partial charge in [-0.15, -0.1) is 0 Å². The molecule has 0 spiro atoms. The van der Waals surface area contributed by atoms with Gasteiger partial charge in [-0.1, -0.05) is 0 Å². The molecule has 1 aliphatic carbocycles. The molecule has 0 aromatic carbocycles. The van der Waals surface area contributed by atoms with Crippen LogP contribution in [0.15, 0.2) is 0 Å². The van der Waals surface area contributed by atoms with Crippen LogP contribution in [0.25, 0.3) is 0 Å². The van der Waals surface area contributed by atoms with Crippen molar-refractivity contribution in [3.05, 3.63) is 0 Å². The van der Waals surface area contributed by atoms with Gasteiger partial charge >= 0.3 is 83.9 Å². The minimum atomic E-state index is -0.221. The Morgan fingerprint density at radius 3 is 2.75 bits per heavy atom. The topological polar surface area (TPSA) is 20.3 Å². The van der Waals surface area contributed by atoms with Crippen LogP contribution in [0.3, 0.4) is 0 Å². The maximum absolute atomic E-state index is 11.6. The molecule has 2 fully saturated rings. The zero-order valence-corrected chi connectivity index (χ0v) is 9.74. The molecule has 3 unspecified atom stereocenters. The summed E-state index contributed by atoms with van der Waals surface area (Å²) in [4.78, 5) is 15.8. The van der Waals surface area contributed by atoms with Gasteiger partial charge in [0.2, 0.25) is 0 Å². The number of halogens is 1. The van der Waals surface area contributed by atoms with Gasteiger partial charge in [-0.2, -0.15) is 0 Å². The van der Waals surface area contributed by atoms with E-state index in [1.165, 1.54) is 19.3 Å². The normalized spacial score (nSPS) is 39.5. The van der Waals surface area contributed by atoms with Crippen molar-refractivity contribution in [1.82, 2.24) is 4.90 Å². The molecule has 1 amide bonds.